The quantitative estimate of drug-likeness (QED) is 0.905. The number of rotatable bonds is 5. The highest BCUT2D eigenvalue weighted by molar-refractivity contribution is 5.84. The Morgan fingerprint density at radius 3 is 2.59 bits per heavy atom. The van der Waals surface area contributed by atoms with Crippen molar-refractivity contribution < 1.29 is 19.4 Å². The van der Waals surface area contributed by atoms with Gasteiger partial charge in [0.2, 0.25) is 5.91 Å². The fraction of sp³-hybridized carbons (Fsp3) is 0.529. The third-order valence-corrected chi connectivity index (χ3v) is 3.94. The summed E-state index contributed by atoms with van der Waals surface area (Å²) in [6.45, 7) is 5.32. The monoisotopic (exact) mass is 305 g/mol. The van der Waals surface area contributed by atoms with Gasteiger partial charge in [0.05, 0.1) is 25.0 Å². The van der Waals surface area contributed by atoms with Crippen LogP contribution in [0.2, 0.25) is 0 Å². The van der Waals surface area contributed by atoms with E-state index in [0.29, 0.717) is 19.7 Å². The summed E-state index contributed by atoms with van der Waals surface area (Å²) in [6.07, 6.45) is -0.486. The van der Waals surface area contributed by atoms with Crippen molar-refractivity contribution in [1.82, 2.24) is 4.90 Å². The molecule has 2 atom stereocenters. The predicted octanol–water partition coefficient (Wildman–Crippen LogP) is 2.13. The van der Waals surface area contributed by atoms with Crippen molar-refractivity contribution in [1.29, 1.82) is 0 Å². The van der Waals surface area contributed by atoms with Crippen molar-refractivity contribution in [3.05, 3.63) is 35.9 Å². The van der Waals surface area contributed by atoms with Crippen LogP contribution in [0.5, 0.6) is 0 Å². The van der Waals surface area contributed by atoms with E-state index in [2.05, 4.69) is 0 Å². The SMILES string of the molecule is CC(C)[C@@H](C(=O)N1CCO[C@H](CC(=O)O)C1)c1ccccc1. The van der Waals surface area contributed by atoms with Crippen molar-refractivity contribution in [3.8, 4) is 0 Å². The fourth-order valence-corrected chi connectivity index (χ4v) is 2.91. The van der Waals surface area contributed by atoms with E-state index in [9.17, 15) is 9.59 Å². The van der Waals surface area contributed by atoms with E-state index in [-0.39, 0.29) is 24.2 Å². The van der Waals surface area contributed by atoms with Crippen LogP contribution in [0.15, 0.2) is 30.3 Å². The lowest BCUT2D eigenvalue weighted by molar-refractivity contribution is -0.149. The molecule has 22 heavy (non-hydrogen) atoms. The summed E-state index contributed by atoms with van der Waals surface area (Å²) >= 11 is 0. The van der Waals surface area contributed by atoms with Crippen LogP contribution in [0.1, 0.15) is 31.7 Å². The minimum Gasteiger partial charge on any atom is -0.481 e. The Labute approximate surface area is 130 Å². The van der Waals surface area contributed by atoms with Gasteiger partial charge in [0.25, 0.3) is 0 Å². The topological polar surface area (TPSA) is 66.8 Å². The molecule has 0 spiro atoms. The standard InChI is InChI=1S/C17H23NO4/c1-12(2)16(13-6-4-3-5-7-13)17(21)18-8-9-22-14(11-18)10-15(19)20/h3-7,12,14,16H,8-11H2,1-2H3,(H,19,20)/t14-,16-/m1/s1. The number of benzene rings is 1. The summed E-state index contributed by atoms with van der Waals surface area (Å²) in [6, 6.07) is 9.74. The molecule has 1 saturated heterocycles. The van der Waals surface area contributed by atoms with Gasteiger partial charge in [-0.15, -0.1) is 0 Å². The number of amides is 1. The first-order valence-electron chi connectivity index (χ1n) is 7.66. The highest BCUT2D eigenvalue weighted by Gasteiger charge is 2.32. The third-order valence-electron chi connectivity index (χ3n) is 3.94. The third kappa shape index (κ3) is 4.07. The van der Waals surface area contributed by atoms with Crippen LogP contribution in [0, 0.1) is 5.92 Å². The minimum absolute atomic E-state index is 0.0555. The van der Waals surface area contributed by atoms with E-state index in [1.165, 1.54) is 0 Å². The van der Waals surface area contributed by atoms with Gasteiger partial charge in [0.15, 0.2) is 0 Å². The summed E-state index contributed by atoms with van der Waals surface area (Å²) in [7, 11) is 0. The molecule has 0 bridgehead atoms. The number of hydrogen-bond donors (Lipinski definition) is 1. The second-order valence-corrected chi connectivity index (χ2v) is 6.01. The molecule has 5 nitrogen and oxygen atoms in total. The van der Waals surface area contributed by atoms with Gasteiger partial charge < -0.3 is 14.7 Å². The van der Waals surface area contributed by atoms with Crippen molar-refractivity contribution in [2.75, 3.05) is 19.7 Å². The van der Waals surface area contributed by atoms with Gasteiger partial charge in [0.1, 0.15) is 0 Å². The second kappa shape index (κ2) is 7.40. The molecule has 1 aromatic rings. The molecule has 1 fully saturated rings. The molecule has 1 aromatic carbocycles. The van der Waals surface area contributed by atoms with Crippen LogP contribution >= 0.6 is 0 Å². The number of carboxylic acid groups (broad SMARTS) is 1. The molecule has 1 heterocycles. The number of aliphatic carboxylic acids is 1. The molecule has 1 aliphatic rings. The van der Waals surface area contributed by atoms with E-state index in [1.807, 2.05) is 44.2 Å². The molecular formula is C17H23NO4. The largest absolute Gasteiger partial charge is 0.481 e. The van der Waals surface area contributed by atoms with Gasteiger partial charge in [0, 0.05) is 13.1 Å². The smallest absolute Gasteiger partial charge is 0.306 e. The van der Waals surface area contributed by atoms with E-state index in [1.54, 1.807) is 4.90 Å². The average molecular weight is 305 g/mol. The van der Waals surface area contributed by atoms with Crippen molar-refractivity contribution in [2.45, 2.75) is 32.3 Å². The molecule has 1 amide bonds. The number of carbonyl (C=O) groups is 2. The van der Waals surface area contributed by atoms with Crippen molar-refractivity contribution in [2.24, 2.45) is 5.92 Å². The lowest BCUT2D eigenvalue weighted by Gasteiger charge is -2.35. The first-order chi connectivity index (χ1) is 10.5. The molecule has 120 valence electrons. The van der Waals surface area contributed by atoms with E-state index >= 15 is 0 Å². The number of carboxylic acids is 1. The number of morpholine rings is 1. The Morgan fingerprint density at radius 1 is 1.32 bits per heavy atom. The molecular weight excluding hydrogens is 282 g/mol. The maximum Gasteiger partial charge on any atom is 0.306 e. The maximum atomic E-state index is 12.9. The van der Waals surface area contributed by atoms with Crippen LogP contribution in [-0.2, 0) is 14.3 Å². The average Bonchev–Trinajstić information content (AvgIpc) is 2.47. The van der Waals surface area contributed by atoms with E-state index in [4.69, 9.17) is 9.84 Å². The van der Waals surface area contributed by atoms with Crippen LogP contribution in [0.4, 0.5) is 0 Å². The minimum atomic E-state index is -0.900. The Morgan fingerprint density at radius 2 is 2.00 bits per heavy atom. The van der Waals surface area contributed by atoms with Crippen LogP contribution in [0.3, 0.4) is 0 Å². The zero-order valence-corrected chi connectivity index (χ0v) is 13.1. The molecule has 0 aromatic heterocycles. The summed E-state index contributed by atoms with van der Waals surface area (Å²) < 4.78 is 5.44. The van der Waals surface area contributed by atoms with Gasteiger partial charge in [-0.1, -0.05) is 44.2 Å². The van der Waals surface area contributed by atoms with Gasteiger partial charge >= 0.3 is 5.97 Å². The van der Waals surface area contributed by atoms with Crippen molar-refractivity contribution in [3.63, 3.8) is 0 Å². The van der Waals surface area contributed by atoms with Gasteiger partial charge in [-0.2, -0.15) is 0 Å². The Hall–Kier alpha value is -1.88. The summed E-state index contributed by atoms with van der Waals surface area (Å²) in [4.78, 5) is 25.5. The molecule has 1 N–H and O–H groups in total. The lowest BCUT2D eigenvalue weighted by Crippen LogP contribution is -2.48. The number of ether oxygens (including phenoxy) is 1. The Kier molecular flexibility index (Phi) is 5.55. The molecule has 2 rings (SSSR count). The number of carbonyl (C=O) groups excluding carboxylic acids is 1. The van der Waals surface area contributed by atoms with Gasteiger partial charge in [-0.05, 0) is 11.5 Å². The summed E-state index contributed by atoms with van der Waals surface area (Å²) in [5.74, 6) is -0.872. The summed E-state index contributed by atoms with van der Waals surface area (Å²) in [5.41, 5.74) is 1.00. The predicted molar refractivity (Wildman–Crippen MR) is 82.6 cm³/mol. The van der Waals surface area contributed by atoms with Crippen LogP contribution in [0.25, 0.3) is 0 Å². The second-order valence-electron chi connectivity index (χ2n) is 6.01. The number of hydrogen-bond acceptors (Lipinski definition) is 3. The first kappa shape index (κ1) is 16.5. The summed E-state index contributed by atoms with van der Waals surface area (Å²) in [5, 5.41) is 8.88. The van der Waals surface area contributed by atoms with Crippen LogP contribution < -0.4 is 0 Å². The molecule has 0 aliphatic carbocycles. The Balaban J connectivity index is 2.12. The van der Waals surface area contributed by atoms with Gasteiger partial charge in [-0.25, -0.2) is 0 Å². The molecule has 0 unspecified atom stereocenters. The van der Waals surface area contributed by atoms with E-state index < -0.39 is 12.1 Å². The van der Waals surface area contributed by atoms with Crippen molar-refractivity contribution >= 4 is 11.9 Å². The maximum absolute atomic E-state index is 12.9. The highest BCUT2D eigenvalue weighted by Crippen LogP contribution is 2.27. The first-order valence-corrected chi connectivity index (χ1v) is 7.66. The number of nitrogens with zero attached hydrogens (tertiary/aromatic N) is 1. The fourth-order valence-electron chi connectivity index (χ4n) is 2.91. The zero-order valence-electron chi connectivity index (χ0n) is 13.1. The highest BCUT2D eigenvalue weighted by atomic mass is 16.5. The Bertz CT molecular complexity index is 515. The molecule has 1 aliphatic heterocycles. The normalized spacial score (nSPS) is 20.0. The van der Waals surface area contributed by atoms with E-state index in [0.717, 1.165) is 5.56 Å². The molecule has 5 heteroatoms. The van der Waals surface area contributed by atoms with Crippen LogP contribution in [-0.4, -0.2) is 47.7 Å². The van der Waals surface area contributed by atoms with Gasteiger partial charge in [-0.3, -0.25) is 9.59 Å². The zero-order chi connectivity index (χ0) is 16.1. The lowest BCUT2D eigenvalue weighted by atomic mass is 9.87. The molecule has 0 saturated carbocycles. The molecule has 0 radical (unpaired) electrons.